The molecule has 3 aliphatic heterocycles. The minimum Gasteiger partial charge on any atom is -0.469 e. The third kappa shape index (κ3) is 1.81. The molecule has 0 N–H and O–H groups in total. The summed E-state index contributed by atoms with van der Waals surface area (Å²) >= 11 is 0. The van der Waals surface area contributed by atoms with Gasteiger partial charge in [-0.1, -0.05) is 48.6 Å². The van der Waals surface area contributed by atoms with Gasteiger partial charge in [-0.2, -0.15) is 0 Å². The summed E-state index contributed by atoms with van der Waals surface area (Å²) in [6.45, 7) is 0.422. The number of carbonyl (C=O) groups excluding carboxylic acids is 2. The van der Waals surface area contributed by atoms with Gasteiger partial charge in [-0.25, -0.2) is 0 Å². The van der Waals surface area contributed by atoms with E-state index in [1.807, 2.05) is 54.6 Å². The quantitative estimate of drug-likeness (QED) is 0.624. The Morgan fingerprint density at radius 3 is 2.88 bits per heavy atom. The van der Waals surface area contributed by atoms with Gasteiger partial charge >= 0.3 is 5.97 Å². The van der Waals surface area contributed by atoms with Crippen molar-refractivity contribution in [2.45, 2.75) is 11.7 Å². The number of anilines is 1. The van der Waals surface area contributed by atoms with E-state index in [4.69, 9.17) is 9.47 Å². The summed E-state index contributed by atoms with van der Waals surface area (Å²) in [6.07, 6.45) is 3.47. The van der Waals surface area contributed by atoms with Crippen LogP contribution in [0.5, 0.6) is 0 Å². The number of nitrogens with zero attached hydrogens (tertiary/aromatic N) is 1. The first-order valence-corrected chi connectivity index (χ1v) is 8.39. The molecule has 2 aromatic rings. The van der Waals surface area contributed by atoms with E-state index in [1.54, 1.807) is 4.90 Å². The van der Waals surface area contributed by atoms with Gasteiger partial charge in [-0.05, 0) is 11.5 Å². The van der Waals surface area contributed by atoms with Crippen LogP contribution in [-0.2, 0) is 19.1 Å². The van der Waals surface area contributed by atoms with Crippen LogP contribution < -0.4 is 4.90 Å². The molecule has 1 spiro atoms. The summed E-state index contributed by atoms with van der Waals surface area (Å²) in [7, 11) is 1.35. The summed E-state index contributed by atoms with van der Waals surface area (Å²) in [5.74, 6) is -1.54. The van der Waals surface area contributed by atoms with Crippen LogP contribution in [0.1, 0.15) is 0 Å². The lowest BCUT2D eigenvalue weighted by molar-refractivity contribution is -0.149. The van der Waals surface area contributed by atoms with E-state index in [0.29, 0.717) is 6.54 Å². The Balaban J connectivity index is 1.61. The van der Waals surface area contributed by atoms with Crippen LogP contribution in [0.3, 0.4) is 0 Å². The second-order valence-corrected chi connectivity index (χ2v) is 6.85. The van der Waals surface area contributed by atoms with Crippen molar-refractivity contribution in [3.05, 3.63) is 54.6 Å². The molecule has 126 valence electrons. The van der Waals surface area contributed by atoms with Gasteiger partial charge in [0.15, 0.2) is 0 Å². The summed E-state index contributed by atoms with van der Waals surface area (Å²) < 4.78 is 11.0. The molecule has 2 bridgehead atoms. The van der Waals surface area contributed by atoms with Crippen LogP contribution in [0, 0.1) is 11.8 Å². The Morgan fingerprint density at radius 1 is 1.24 bits per heavy atom. The van der Waals surface area contributed by atoms with Gasteiger partial charge in [0.1, 0.15) is 11.5 Å². The number of benzene rings is 2. The molecule has 0 unspecified atom stereocenters. The van der Waals surface area contributed by atoms with Crippen LogP contribution in [0.15, 0.2) is 54.6 Å². The molecular formula is C20H17NO4. The lowest BCUT2D eigenvalue weighted by Crippen LogP contribution is -2.39. The van der Waals surface area contributed by atoms with Gasteiger partial charge in [-0.15, -0.1) is 0 Å². The number of fused-ring (bicyclic) bond motifs is 2. The second kappa shape index (κ2) is 4.92. The third-order valence-electron chi connectivity index (χ3n) is 5.63. The van der Waals surface area contributed by atoms with Crippen molar-refractivity contribution in [1.29, 1.82) is 0 Å². The highest BCUT2D eigenvalue weighted by Crippen LogP contribution is 2.53. The van der Waals surface area contributed by atoms with Crippen LogP contribution in [-0.4, -0.2) is 37.2 Å². The largest absolute Gasteiger partial charge is 0.469 e. The van der Waals surface area contributed by atoms with Crippen LogP contribution in [0.4, 0.5) is 5.69 Å². The third-order valence-corrected chi connectivity index (χ3v) is 5.63. The molecule has 0 saturated carbocycles. The standard InChI is InChI=1S/C20H17NO4/c1-24-19(23)16-15-9-10-20(25-15)11-21(18(22)17(16)20)14-8-4-6-12-5-2-3-7-13(12)14/h2-10,15-17H,11H2,1H3/t15-,16-,17+,20-/m0/s1. The number of amides is 1. The van der Waals surface area contributed by atoms with E-state index in [1.165, 1.54) is 7.11 Å². The SMILES string of the molecule is COC(=O)[C@H]1[C@@H]2C=C[C@@]3(CN(c4cccc5ccccc45)C(=O)[C@@H]13)O2. The van der Waals surface area contributed by atoms with Crippen LogP contribution >= 0.6 is 0 Å². The second-order valence-electron chi connectivity index (χ2n) is 6.85. The van der Waals surface area contributed by atoms with Crippen molar-refractivity contribution < 1.29 is 19.1 Å². The Morgan fingerprint density at radius 2 is 2.04 bits per heavy atom. The van der Waals surface area contributed by atoms with Crippen molar-refractivity contribution in [1.82, 2.24) is 0 Å². The number of esters is 1. The van der Waals surface area contributed by atoms with Gasteiger partial charge in [0.2, 0.25) is 5.91 Å². The van der Waals surface area contributed by atoms with E-state index >= 15 is 0 Å². The van der Waals surface area contributed by atoms with E-state index in [9.17, 15) is 9.59 Å². The summed E-state index contributed by atoms with van der Waals surface area (Å²) in [4.78, 5) is 27.2. The monoisotopic (exact) mass is 335 g/mol. The Kier molecular flexibility index (Phi) is 2.89. The molecule has 3 aliphatic rings. The highest BCUT2D eigenvalue weighted by molar-refractivity contribution is 6.08. The van der Waals surface area contributed by atoms with Crippen LogP contribution in [0.2, 0.25) is 0 Å². The molecule has 0 radical (unpaired) electrons. The van der Waals surface area contributed by atoms with E-state index < -0.39 is 17.4 Å². The Bertz CT molecular complexity index is 931. The molecule has 5 nitrogen and oxygen atoms in total. The fourth-order valence-corrected chi connectivity index (χ4v) is 4.55. The first-order chi connectivity index (χ1) is 12.1. The molecule has 25 heavy (non-hydrogen) atoms. The molecule has 5 heteroatoms. The van der Waals surface area contributed by atoms with E-state index in [-0.39, 0.29) is 18.0 Å². The predicted octanol–water partition coefficient (Wildman–Crippen LogP) is 2.30. The van der Waals surface area contributed by atoms with Crippen molar-refractivity contribution in [2.75, 3.05) is 18.6 Å². The highest BCUT2D eigenvalue weighted by atomic mass is 16.5. The lowest BCUT2D eigenvalue weighted by Gasteiger charge is -2.22. The fraction of sp³-hybridized carbons (Fsp3) is 0.300. The Labute approximate surface area is 144 Å². The van der Waals surface area contributed by atoms with Gasteiger partial charge < -0.3 is 14.4 Å². The number of carbonyl (C=O) groups is 2. The maximum absolute atomic E-state index is 13.3. The number of hydrogen-bond donors (Lipinski definition) is 0. The maximum atomic E-state index is 13.3. The molecule has 5 rings (SSSR count). The zero-order chi connectivity index (χ0) is 17.2. The summed E-state index contributed by atoms with van der Waals surface area (Å²) in [6, 6.07) is 13.9. The minimum absolute atomic E-state index is 0.0707. The summed E-state index contributed by atoms with van der Waals surface area (Å²) in [5, 5.41) is 2.09. The molecule has 0 aromatic heterocycles. The normalized spacial score (nSPS) is 32.4. The van der Waals surface area contributed by atoms with Crippen molar-refractivity contribution in [3.8, 4) is 0 Å². The van der Waals surface area contributed by atoms with Crippen molar-refractivity contribution >= 4 is 28.3 Å². The highest BCUT2D eigenvalue weighted by Gasteiger charge is 2.67. The van der Waals surface area contributed by atoms with Gasteiger partial charge in [-0.3, -0.25) is 9.59 Å². The van der Waals surface area contributed by atoms with E-state index in [0.717, 1.165) is 16.5 Å². The van der Waals surface area contributed by atoms with Gasteiger partial charge in [0.25, 0.3) is 0 Å². The van der Waals surface area contributed by atoms with Gasteiger partial charge in [0.05, 0.1) is 31.4 Å². The van der Waals surface area contributed by atoms with E-state index in [2.05, 4.69) is 0 Å². The first kappa shape index (κ1) is 14.7. The first-order valence-electron chi connectivity index (χ1n) is 8.39. The number of ether oxygens (including phenoxy) is 2. The Hall–Kier alpha value is -2.66. The van der Waals surface area contributed by atoms with Crippen molar-refractivity contribution in [3.63, 3.8) is 0 Å². The predicted molar refractivity (Wildman–Crippen MR) is 92.0 cm³/mol. The molecule has 2 fully saturated rings. The molecule has 2 aromatic carbocycles. The fourth-order valence-electron chi connectivity index (χ4n) is 4.55. The zero-order valence-electron chi connectivity index (χ0n) is 13.7. The summed E-state index contributed by atoms with van der Waals surface area (Å²) in [5.41, 5.74) is 0.133. The molecule has 2 saturated heterocycles. The maximum Gasteiger partial charge on any atom is 0.312 e. The molecule has 1 amide bonds. The molecule has 0 aliphatic carbocycles. The molecular weight excluding hydrogens is 318 g/mol. The average molecular weight is 335 g/mol. The zero-order valence-corrected chi connectivity index (χ0v) is 13.7. The molecule has 3 heterocycles. The minimum atomic E-state index is -0.725. The average Bonchev–Trinajstić information content (AvgIpc) is 3.29. The van der Waals surface area contributed by atoms with Gasteiger partial charge in [0, 0.05) is 5.39 Å². The lowest BCUT2D eigenvalue weighted by atomic mass is 9.77. The topological polar surface area (TPSA) is 55.8 Å². The van der Waals surface area contributed by atoms with Crippen molar-refractivity contribution in [2.24, 2.45) is 11.8 Å². The smallest absolute Gasteiger partial charge is 0.312 e. The van der Waals surface area contributed by atoms with Crippen LogP contribution in [0.25, 0.3) is 10.8 Å². The molecule has 4 atom stereocenters. The number of hydrogen-bond acceptors (Lipinski definition) is 4. The number of rotatable bonds is 2. The number of methoxy groups -OCH3 is 1.